The summed E-state index contributed by atoms with van der Waals surface area (Å²) >= 11 is 0. The van der Waals surface area contributed by atoms with Crippen molar-refractivity contribution in [3.8, 4) is 0 Å². The van der Waals surface area contributed by atoms with E-state index in [0.29, 0.717) is 6.61 Å². The monoisotopic (exact) mass is 233 g/mol. The van der Waals surface area contributed by atoms with E-state index in [0.717, 1.165) is 18.7 Å². The van der Waals surface area contributed by atoms with Crippen molar-refractivity contribution in [3.05, 3.63) is 35.9 Å². The lowest BCUT2D eigenvalue weighted by molar-refractivity contribution is -0.0324. The van der Waals surface area contributed by atoms with Gasteiger partial charge in [0.25, 0.3) is 0 Å². The lowest BCUT2D eigenvalue weighted by Gasteiger charge is -2.35. The van der Waals surface area contributed by atoms with Gasteiger partial charge >= 0.3 is 0 Å². The molecule has 17 heavy (non-hydrogen) atoms. The molecule has 1 atom stereocenters. The lowest BCUT2D eigenvalue weighted by Crippen LogP contribution is -2.49. The van der Waals surface area contributed by atoms with Crippen LogP contribution in [0.5, 0.6) is 0 Å². The van der Waals surface area contributed by atoms with Gasteiger partial charge in [-0.15, -0.1) is 0 Å². The van der Waals surface area contributed by atoms with Gasteiger partial charge in [-0.2, -0.15) is 0 Å². The van der Waals surface area contributed by atoms with Crippen molar-refractivity contribution in [2.75, 3.05) is 19.7 Å². The number of morpholine rings is 1. The number of hydrogen-bond donors (Lipinski definition) is 1. The molecule has 1 unspecified atom stereocenters. The molecule has 0 aliphatic carbocycles. The van der Waals surface area contributed by atoms with Crippen LogP contribution >= 0.6 is 0 Å². The summed E-state index contributed by atoms with van der Waals surface area (Å²) in [6.07, 6.45) is -0.0519. The third-order valence-corrected chi connectivity index (χ3v) is 3.35. The average Bonchev–Trinajstić information content (AvgIpc) is 2.40. The van der Waals surface area contributed by atoms with Crippen LogP contribution in [0.3, 0.4) is 0 Å². The van der Waals surface area contributed by atoms with Crippen molar-refractivity contribution in [3.63, 3.8) is 0 Å². The Labute approximate surface area is 102 Å². The average molecular weight is 233 g/mol. The van der Waals surface area contributed by atoms with Crippen molar-refractivity contribution < 1.29 is 9.53 Å². The minimum absolute atomic E-state index is 0.0519. The number of carbonyl (C=O) groups excluding carboxylic acids is 1. The van der Waals surface area contributed by atoms with E-state index in [1.807, 2.05) is 44.2 Å². The molecule has 1 aliphatic heterocycles. The van der Waals surface area contributed by atoms with E-state index in [1.54, 1.807) is 0 Å². The molecule has 0 aromatic heterocycles. The molecule has 1 saturated heterocycles. The van der Waals surface area contributed by atoms with Gasteiger partial charge in [-0.3, -0.25) is 4.79 Å². The highest BCUT2D eigenvalue weighted by Crippen LogP contribution is 2.28. The third-order valence-electron chi connectivity index (χ3n) is 3.35. The quantitative estimate of drug-likeness (QED) is 0.810. The van der Waals surface area contributed by atoms with Gasteiger partial charge in [-0.25, -0.2) is 0 Å². The summed E-state index contributed by atoms with van der Waals surface area (Å²) in [4.78, 5) is 12.5. The summed E-state index contributed by atoms with van der Waals surface area (Å²) in [5.41, 5.74) is 0.265. The van der Waals surface area contributed by atoms with Gasteiger partial charge < -0.3 is 10.1 Å². The number of carbonyl (C=O) groups is 1. The maximum Gasteiger partial charge on any atom is 0.171 e. The third kappa shape index (κ3) is 2.56. The molecule has 1 N–H and O–H groups in total. The van der Waals surface area contributed by atoms with E-state index in [2.05, 4.69) is 5.32 Å². The van der Waals surface area contributed by atoms with E-state index in [9.17, 15) is 4.79 Å². The van der Waals surface area contributed by atoms with Crippen LogP contribution in [0, 0.1) is 5.41 Å². The predicted molar refractivity (Wildman–Crippen MR) is 67.2 cm³/mol. The Kier molecular flexibility index (Phi) is 3.60. The van der Waals surface area contributed by atoms with E-state index in [4.69, 9.17) is 4.74 Å². The molecule has 0 spiro atoms. The fourth-order valence-corrected chi connectivity index (χ4v) is 2.14. The molecular weight excluding hydrogens is 214 g/mol. The fourth-order valence-electron chi connectivity index (χ4n) is 2.14. The number of ketones is 1. The Morgan fingerprint density at radius 1 is 1.35 bits per heavy atom. The van der Waals surface area contributed by atoms with Gasteiger partial charge in [-0.05, 0) is 13.8 Å². The minimum atomic E-state index is -0.491. The second-order valence-electron chi connectivity index (χ2n) is 4.98. The van der Waals surface area contributed by atoms with Crippen molar-refractivity contribution in [1.82, 2.24) is 5.32 Å². The normalized spacial score (nSPS) is 21.2. The van der Waals surface area contributed by atoms with Gasteiger partial charge in [0.2, 0.25) is 0 Å². The highest BCUT2D eigenvalue weighted by atomic mass is 16.5. The number of Topliss-reactive ketones (excluding diaryl/α,β-unsaturated/α-hetero) is 1. The maximum absolute atomic E-state index is 12.5. The summed E-state index contributed by atoms with van der Waals surface area (Å²) in [7, 11) is 0. The molecule has 1 aromatic carbocycles. The highest BCUT2D eigenvalue weighted by molar-refractivity contribution is 6.00. The van der Waals surface area contributed by atoms with E-state index >= 15 is 0 Å². The summed E-state index contributed by atoms with van der Waals surface area (Å²) < 4.78 is 5.70. The van der Waals surface area contributed by atoms with E-state index in [-0.39, 0.29) is 11.9 Å². The molecule has 3 heteroatoms. The SMILES string of the molecule is CC(C)(C(=O)c1ccccc1)C1CNCCO1. The molecule has 0 saturated carbocycles. The number of rotatable bonds is 3. The van der Waals surface area contributed by atoms with Crippen LogP contribution in [0.2, 0.25) is 0 Å². The van der Waals surface area contributed by atoms with Gasteiger partial charge in [0.1, 0.15) is 0 Å². The molecule has 0 amide bonds. The highest BCUT2D eigenvalue weighted by Gasteiger charge is 2.38. The Balaban J connectivity index is 2.17. The minimum Gasteiger partial charge on any atom is -0.375 e. The van der Waals surface area contributed by atoms with Crippen LogP contribution < -0.4 is 5.32 Å². The summed E-state index contributed by atoms with van der Waals surface area (Å²) in [6, 6.07) is 9.43. The summed E-state index contributed by atoms with van der Waals surface area (Å²) in [6.45, 7) is 6.20. The molecule has 3 nitrogen and oxygen atoms in total. The Morgan fingerprint density at radius 3 is 2.65 bits per heavy atom. The molecule has 2 rings (SSSR count). The van der Waals surface area contributed by atoms with Gasteiger partial charge in [0, 0.05) is 18.7 Å². The fraction of sp³-hybridized carbons (Fsp3) is 0.500. The predicted octanol–water partition coefficient (Wildman–Crippen LogP) is 1.88. The number of benzene rings is 1. The molecule has 92 valence electrons. The molecule has 1 heterocycles. The van der Waals surface area contributed by atoms with E-state index in [1.165, 1.54) is 0 Å². The van der Waals surface area contributed by atoms with Crippen LogP contribution in [-0.2, 0) is 4.74 Å². The molecule has 1 aromatic rings. The first-order valence-corrected chi connectivity index (χ1v) is 6.04. The first-order chi connectivity index (χ1) is 8.12. The van der Waals surface area contributed by atoms with Crippen molar-refractivity contribution in [1.29, 1.82) is 0 Å². The van der Waals surface area contributed by atoms with Gasteiger partial charge in [0.05, 0.1) is 18.1 Å². The Morgan fingerprint density at radius 2 is 2.06 bits per heavy atom. The molecule has 0 radical (unpaired) electrons. The van der Waals surface area contributed by atoms with Gasteiger partial charge in [0.15, 0.2) is 5.78 Å². The molecule has 1 aliphatic rings. The smallest absolute Gasteiger partial charge is 0.171 e. The van der Waals surface area contributed by atoms with Gasteiger partial charge in [-0.1, -0.05) is 30.3 Å². The summed E-state index contributed by atoms with van der Waals surface area (Å²) in [5.74, 6) is 0.145. The maximum atomic E-state index is 12.5. The van der Waals surface area contributed by atoms with Crippen molar-refractivity contribution in [2.24, 2.45) is 5.41 Å². The topological polar surface area (TPSA) is 38.3 Å². The zero-order chi connectivity index (χ0) is 12.3. The zero-order valence-corrected chi connectivity index (χ0v) is 10.4. The van der Waals surface area contributed by atoms with Crippen molar-refractivity contribution in [2.45, 2.75) is 20.0 Å². The lowest BCUT2D eigenvalue weighted by atomic mass is 9.78. The molecular formula is C14H19NO2. The molecule has 1 fully saturated rings. The Hall–Kier alpha value is -1.19. The first kappa shape index (κ1) is 12.3. The largest absolute Gasteiger partial charge is 0.375 e. The van der Waals surface area contributed by atoms with Crippen LogP contribution in [0.4, 0.5) is 0 Å². The van der Waals surface area contributed by atoms with Crippen molar-refractivity contribution >= 4 is 5.78 Å². The number of nitrogens with one attached hydrogen (secondary N) is 1. The summed E-state index contributed by atoms with van der Waals surface area (Å²) in [5, 5.41) is 3.27. The van der Waals surface area contributed by atoms with Crippen LogP contribution in [0.1, 0.15) is 24.2 Å². The van der Waals surface area contributed by atoms with Crippen LogP contribution in [-0.4, -0.2) is 31.6 Å². The second kappa shape index (κ2) is 4.98. The standard InChI is InChI=1S/C14H19NO2/c1-14(2,12-10-15-8-9-17-12)13(16)11-6-4-3-5-7-11/h3-7,12,15H,8-10H2,1-2H3. The van der Waals surface area contributed by atoms with E-state index < -0.39 is 5.41 Å². The Bertz CT molecular complexity index is 380. The van der Waals surface area contributed by atoms with Crippen LogP contribution in [0.15, 0.2) is 30.3 Å². The molecule has 0 bridgehead atoms. The second-order valence-corrected chi connectivity index (χ2v) is 4.98. The number of hydrogen-bond acceptors (Lipinski definition) is 3. The van der Waals surface area contributed by atoms with Crippen LogP contribution in [0.25, 0.3) is 0 Å². The number of ether oxygens (including phenoxy) is 1. The zero-order valence-electron chi connectivity index (χ0n) is 10.4. The first-order valence-electron chi connectivity index (χ1n) is 6.04.